The number of pyridine rings is 1. The van der Waals surface area contributed by atoms with Crippen LogP contribution in [-0.4, -0.2) is 18.6 Å². The van der Waals surface area contributed by atoms with Crippen LogP contribution in [0.3, 0.4) is 0 Å². The van der Waals surface area contributed by atoms with E-state index in [4.69, 9.17) is 22.1 Å². The zero-order valence-electron chi connectivity index (χ0n) is 8.14. The Hall–Kier alpha value is -0.940. The Kier molecular flexibility index (Phi) is 3.82. The first kappa shape index (κ1) is 12.1. The van der Waals surface area contributed by atoms with Gasteiger partial charge in [0.2, 0.25) is 5.88 Å². The second kappa shape index (κ2) is 4.72. The second-order valence-corrected chi connectivity index (χ2v) is 3.32. The summed E-state index contributed by atoms with van der Waals surface area (Å²) >= 11 is 5.56. The monoisotopic (exact) mass is 236 g/mol. The number of nitrogens with two attached hydrogens (primary N) is 1. The van der Waals surface area contributed by atoms with Gasteiger partial charge in [-0.1, -0.05) is 11.6 Å². The lowest BCUT2D eigenvalue weighted by Gasteiger charge is -2.17. The van der Waals surface area contributed by atoms with E-state index in [2.05, 4.69) is 4.98 Å². The van der Waals surface area contributed by atoms with Gasteiger partial charge >= 0.3 is 0 Å². The number of aromatic nitrogens is 1. The lowest BCUT2D eigenvalue weighted by molar-refractivity contribution is -0.0133. The minimum Gasteiger partial charge on any atom is -0.481 e. The first-order valence-corrected chi connectivity index (χ1v) is 4.68. The van der Waals surface area contributed by atoms with Gasteiger partial charge in [-0.05, 0) is 18.7 Å². The van der Waals surface area contributed by atoms with Gasteiger partial charge in [-0.15, -0.1) is 0 Å². The van der Waals surface area contributed by atoms with E-state index in [1.54, 1.807) is 0 Å². The molecule has 0 saturated heterocycles. The van der Waals surface area contributed by atoms with Crippen LogP contribution in [0.15, 0.2) is 12.1 Å². The SMILES string of the molecule is COc1nc(Cl)ccc1C(F)(F)CCN. The van der Waals surface area contributed by atoms with Crippen molar-refractivity contribution in [2.24, 2.45) is 5.73 Å². The molecule has 1 aromatic rings. The molecule has 0 aliphatic heterocycles. The largest absolute Gasteiger partial charge is 0.481 e. The fourth-order valence-corrected chi connectivity index (χ4v) is 1.31. The zero-order valence-corrected chi connectivity index (χ0v) is 8.89. The molecular weight excluding hydrogens is 226 g/mol. The highest BCUT2D eigenvalue weighted by molar-refractivity contribution is 6.29. The van der Waals surface area contributed by atoms with E-state index in [0.717, 1.165) is 0 Å². The molecule has 84 valence electrons. The summed E-state index contributed by atoms with van der Waals surface area (Å²) in [5.41, 5.74) is 4.81. The maximum Gasteiger partial charge on any atom is 0.279 e. The molecule has 0 atom stereocenters. The average molecular weight is 237 g/mol. The van der Waals surface area contributed by atoms with Gasteiger partial charge in [0.15, 0.2) is 0 Å². The quantitative estimate of drug-likeness (QED) is 0.816. The van der Waals surface area contributed by atoms with Crippen LogP contribution in [0.25, 0.3) is 0 Å². The highest BCUT2D eigenvalue weighted by atomic mass is 35.5. The van der Waals surface area contributed by atoms with Crippen LogP contribution in [0.2, 0.25) is 5.15 Å². The summed E-state index contributed by atoms with van der Waals surface area (Å²) in [5, 5.41) is 0.110. The van der Waals surface area contributed by atoms with Gasteiger partial charge in [0.05, 0.1) is 12.7 Å². The van der Waals surface area contributed by atoms with Gasteiger partial charge in [0.25, 0.3) is 5.92 Å². The van der Waals surface area contributed by atoms with Crippen LogP contribution >= 0.6 is 11.6 Å². The normalized spacial score (nSPS) is 11.5. The Bertz CT molecular complexity index is 347. The predicted molar refractivity (Wildman–Crippen MR) is 53.4 cm³/mol. The summed E-state index contributed by atoms with van der Waals surface area (Å²) < 4.78 is 31.7. The molecule has 0 saturated carbocycles. The molecule has 3 nitrogen and oxygen atoms in total. The van der Waals surface area contributed by atoms with Crippen LogP contribution in [0, 0.1) is 0 Å². The molecular formula is C9H11ClF2N2O. The number of nitrogens with zero attached hydrogens (tertiary/aromatic N) is 1. The third kappa shape index (κ3) is 2.76. The van der Waals surface area contributed by atoms with Gasteiger partial charge in [-0.3, -0.25) is 0 Å². The lowest BCUT2D eigenvalue weighted by Crippen LogP contribution is -2.20. The van der Waals surface area contributed by atoms with Crippen LogP contribution in [0.4, 0.5) is 8.78 Å². The maximum atomic E-state index is 13.5. The first-order chi connectivity index (χ1) is 7.01. The van der Waals surface area contributed by atoms with Crippen LogP contribution in [0.1, 0.15) is 12.0 Å². The van der Waals surface area contributed by atoms with E-state index in [1.165, 1.54) is 19.2 Å². The van der Waals surface area contributed by atoms with Gasteiger partial charge < -0.3 is 10.5 Å². The molecule has 15 heavy (non-hydrogen) atoms. The van der Waals surface area contributed by atoms with E-state index >= 15 is 0 Å². The van der Waals surface area contributed by atoms with E-state index in [1.807, 2.05) is 0 Å². The van der Waals surface area contributed by atoms with Crippen LogP contribution < -0.4 is 10.5 Å². The van der Waals surface area contributed by atoms with Gasteiger partial charge in [0, 0.05) is 6.42 Å². The molecule has 6 heteroatoms. The summed E-state index contributed by atoms with van der Waals surface area (Å²) in [6.45, 7) is -0.112. The van der Waals surface area contributed by atoms with Crippen molar-refractivity contribution >= 4 is 11.6 Å². The fraction of sp³-hybridized carbons (Fsp3) is 0.444. The number of rotatable bonds is 4. The lowest BCUT2D eigenvalue weighted by atomic mass is 10.1. The number of hydrogen-bond donors (Lipinski definition) is 1. The van der Waals surface area contributed by atoms with Crippen molar-refractivity contribution in [1.29, 1.82) is 0 Å². The van der Waals surface area contributed by atoms with Crippen molar-refractivity contribution in [3.8, 4) is 5.88 Å². The molecule has 0 aliphatic rings. The number of ether oxygens (including phenoxy) is 1. The Morgan fingerprint density at radius 2 is 2.20 bits per heavy atom. The molecule has 0 unspecified atom stereocenters. The number of methoxy groups -OCH3 is 1. The van der Waals surface area contributed by atoms with Gasteiger partial charge in [-0.25, -0.2) is 13.8 Å². The van der Waals surface area contributed by atoms with E-state index < -0.39 is 12.3 Å². The van der Waals surface area contributed by atoms with E-state index in [9.17, 15) is 8.78 Å². The molecule has 1 heterocycles. The third-order valence-electron chi connectivity index (χ3n) is 1.87. The molecule has 0 aromatic carbocycles. The van der Waals surface area contributed by atoms with Crippen LogP contribution in [-0.2, 0) is 5.92 Å². The summed E-state index contributed by atoms with van der Waals surface area (Å²) in [7, 11) is 1.26. The standard InChI is InChI=1S/C9H11ClF2N2O/c1-15-8-6(2-3-7(10)14-8)9(11,12)4-5-13/h2-3H,4-5,13H2,1H3. The molecule has 0 aliphatic carbocycles. The highest BCUT2D eigenvalue weighted by Gasteiger charge is 2.34. The second-order valence-electron chi connectivity index (χ2n) is 2.93. The number of halogens is 3. The first-order valence-electron chi connectivity index (χ1n) is 4.30. The smallest absolute Gasteiger partial charge is 0.279 e. The number of hydrogen-bond acceptors (Lipinski definition) is 3. The molecule has 1 rings (SSSR count). The molecule has 0 radical (unpaired) electrons. The minimum atomic E-state index is -3.04. The summed E-state index contributed by atoms with van der Waals surface area (Å²) in [4.78, 5) is 3.66. The number of alkyl halides is 2. The zero-order chi connectivity index (χ0) is 11.5. The van der Waals surface area contributed by atoms with E-state index in [0.29, 0.717) is 0 Å². The van der Waals surface area contributed by atoms with Crippen molar-refractivity contribution in [3.05, 3.63) is 22.8 Å². The van der Waals surface area contributed by atoms with Gasteiger partial charge in [-0.2, -0.15) is 0 Å². The summed E-state index contributed by atoms with van der Waals surface area (Å²) in [6.07, 6.45) is -0.452. The Balaban J connectivity index is 3.12. The van der Waals surface area contributed by atoms with Crippen molar-refractivity contribution in [3.63, 3.8) is 0 Å². The minimum absolute atomic E-state index is 0.110. The molecule has 0 spiro atoms. The molecule has 2 N–H and O–H groups in total. The molecule has 0 bridgehead atoms. The Morgan fingerprint density at radius 1 is 1.53 bits per heavy atom. The molecule has 1 aromatic heterocycles. The van der Waals surface area contributed by atoms with Gasteiger partial charge in [0.1, 0.15) is 5.15 Å². The van der Waals surface area contributed by atoms with Crippen LogP contribution in [0.5, 0.6) is 5.88 Å². The molecule has 0 fully saturated rings. The third-order valence-corrected chi connectivity index (χ3v) is 2.08. The van der Waals surface area contributed by atoms with Crippen molar-refractivity contribution in [2.75, 3.05) is 13.7 Å². The predicted octanol–water partition coefficient (Wildman–Crippen LogP) is 2.18. The summed E-state index contributed by atoms with van der Waals surface area (Å²) in [6, 6.07) is 2.49. The van der Waals surface area contributed by atoms with Crippen molar-refractivity contribution in [2.45, 2.75) is 12.3 Å². The van der Waals surface area contributed by atoms with Crippen molar-refractivity contribution in [1.82, 2.24) is 4.98 Å². The highest BCUT2D eigenvalue weighted by Crippen LogP contribution is 2.36. The fourth-order valence-electron chi connectivity index (χ4n) is 1.17. The Morgan fingerprint density at radius 3 is 2.73 bits per heavy atom. The summed E-state index contributed by atoms with van der Waals surface area (Å²) in [5.74, 6) is -3.21. The topological polar surface area (TPSA) is 48.1 Å². The van der Waals surface area contributed by atoms with E-state index in [-0.39, 0.29) is 23.1 Å². The molecule has 0 amide bonds. The maximum absolute atomic E-state index is 13.5. The van der Waals surface area contributed by atoms with Crippen molar-refractivity contribution < 1.29 is 13.5 Å². The Labute approximate surface area is 91.2 Å². The average Bonchev–Trinajstić information content (AvgIpc) is 2.17.